The van der Waals surface area contributed by atoms with Crippen LogP contribution < -0.4 is 5.73 Å². The Balaban J connectivity index is 2.18. The Hall–Kier alpha value is 0.140. The minimum absolute atomic E-state index is 0.843. The molecule has 3 heteroatoms. The van der Waals surface area contributed by atoms with E-state index in [9.17, 15) is 0 Å². The van der Waals surface area contributed by atoms with E-state index < -0.39 is 0 Å². The van der Waals surface area contributed by atoms with Crippen LogP contribution in [0.2, 0.25) is 0 Å². The molecule has 1 aliphatic heterocycles. The Morgan fingerprint density at radius 2 is 2.08 bits per heavy atom. The van der Waals surface area contributed by atoms with E-state index in [1.807, 2.05) is 0 Å². The molecule has 1 saturated heterocycles. The fourth-order valence-electron chi connectivity index (χ4n) is 1.91. The standard InChI is InChI=1S/C10H19BrN2/c1-9(11)8-13-6-3-10(2-5-12)4-7-13/h10H,1-8,12H2. The summed E-state index contributed by atoms with van der Waals surface area (Å²) in [4.78, 5) is 2.45. The van der Waals surface area contributed by atoms with Crippen molar-refractivity contribution in [3.8, 4) is 0 Å². The third kappa shape index (κ3) is 4.25. The summed E-state index contributed by atoms with van der Waals surface area (Å²) in [5.74, 6) is 0.866. The van der Waals surface area contributed by atoms with Crippen molar-refractivity contribution in [2.24, 2.45) is 11.7 Å². The molecule has 13 heavy (non-hydrogen) atoms. The molecule has 0 aromatic rings. The molecule has 1 rings (SSSR count). The first-order valence-corrected chi connectivity index (χ1v) is 5.77. The summed E-state index contributed by atoms with van der Waals surface area (Å²) in [6.07, 6.45) is 3.80. The Labute approximate surface area is 89.3 Å². The van der Waals surface area contributed by atoms with Crippen molar-refractivity contribution < 1.29 is 0 Å². The molecule has 0 aliphatic carbocycles. The molecule has 1 heterocycles. The van der Waals surface area contributed by atoms with E-state index in [2.05, 4.69) is 27.4 Å². The van der Waals surface area contributed by atoms with Gasteiger partial charge in [-0.15, -0.1) is 0 Å². The van der Waals surface area contributed by atoms with Crippen molar-refractivity contribution in [3.63, 3.8) is 0 Å². The third-order valence-electron chi connectivity index (χ3n) is 2.68. The molecule has 1 fully saturated rings. The highest BCUT2D eigenvalue weighted by atomic mass is 79.9. The van der Waals surface area contributed by atoms with Crippen LogP contribution in [0.4, 0.5) is 0 Å². The lowest BCUT2D eigenvalue weighted by Gasteiger charge is -2.31. The van der Waals surface area contributed by atoms with Gasteiger partial charge in [0.15, 0.2) is 0 Å². The molecular formula is C10H19BrN2. The monoisotopic (exact) mass is 246 g/mol. The van der Waals surface area contributed by atoms with E-state index in [4.69, 9.17) is 5.73 Å². The van der Waals surface area contributed by atoms with E-state index in [-0.39, 0.29) is 0 Å². The highest BCUT2D eigenvalue weighted by Gasteiger charge is 2.18. The number of nitrogens with two attached hydrogens (primary N) is 1. The summed E-state index contributed by atoms with van der Waals surface area (Å²) in [5.41, 5.74) is 5.54. The summed E-state index contributed by atoms with van der Waals surface area (Å²) in [6.45, 7) is 8.11. The molecular weight excluding hydrogens is 228 g/mol. The van der Waals surface area contributed by atoms with Gasteiger partial charge in [0.05, 0.1) is 0 Å². The minimum Gasteiger partial charge on any atom is -0.330 e. The summed E-state index contributed by atoms with van der Waals surface area (Å²) in [7, 11) is 0. The van der Waals surface area contributed by atoms with Crippen LogP contribution in [0.25, 0.3) is 0 Å². The molecule has 2 nitrogen and oxygen atoms in total. The number of piperidine rings is 1. The van der Waals surface area contributed by atoms with E-state index in [1.165, 1.54) is 32.4 Å². The van der Waals surface area contributed by atoms with E-state index in [0.29, 0.717) is 0 Å². The van der Waals surface area contributed by atoms with Crippen LogP contribution in [-0.4, -0.2) is 31.1 Å². The molecule has 0 aromatic carbocycles. The number of hydrogen-bond acceptors (Lipinski definition) is 2. The van der Waals surface area contributed by atoms with Crippen LogP contribution in [0.5, 0.6) is 0 Å². The Bertz CT molecular complexity index is 162. The molecule has 0 bridgehead atoms. The van der Waals surface area contributed by atoms with Crippen molar-refractivity contribution in [2.75, 3.05) is 26.2 Å². The number of nitrogens with zero attached hydrogens (tertiary/aromatic N) is 1. The summed E-state index contributed by atoms with van der Waals surface area (Å²) < 4.78 is 1.09. The minimum atomic E-state index is 0.843. The second kappa shape index (κ2) is 5.78. The fraction of sp³-hybridized carbons (Fsp3) is 0.800. The number of likely N-dealkylation sites (tertiary alicyclic amines) is 1. The van der Waals surface area contributed by atoms with E-state index >= 15 is 0 Å². The van der Waals surface area contributed by atoms with Crippen LogP contribution >= 0.6 is 15.9 Å². The van der Waals surface area contributed by atoms with Crippen LogP contribution in [0, 0.1) is 5.92 Å². The zero-order chi connectivity index (χ0) is 9.68. The molecule has 0 aromatic heterocycles. The van der Waals surface area contributed by atoms with Gasteiger partial charge in [-0.25, -0.2) is 0 Å². The molecule has 2 N–H and O–H groups in total. The van der Waals surface area contributed by atoms with Crippen LogP contribution in [0.3, 0.4) is 0 Å². The lowest BCUT2D eigenvalue weighted by atomic mass is 9.94. The summed E-state index contributed by atoms with van der Waals surface area (Å²) in [5, 5.41) is 0. The Morgan fingerprint density at radius 1 is 1.46 bits per heavy atom. The van der Waals surface area contributed by atoms with E-state index in [0.717, 1.165) is 23.5 Å². The third-order valence-corrected chi connectivity index (χ3v) is 2.93. The van der Waals surface area contributed by atoms with Gasteiger partial charge >= 0.3 is 0 Å². The van der Waals surface area contributed by atoms with Crippen molar-refractivity contribution in [1.82, 2.24) is 4.90 Å². The number of rotatable bonds is 4. The molecule has 0 amide bonds. The molecule has 0 radical (unpaired) electrons. The zero-order valence-electron chi connectivity index (χ0n) is 8.14. The average Bonchev–Trinajstić information content (AvgIpc) is 2.08. The molecule has 0 atom stereocenters. The van der Waals surface area contributed by atoms with Crippen molar-refractivity contribution in [2.45, 2.75) is 19.3 Å². The lowest BCUT2D eigenvalue weighted by molar-refractivity contribution is 0.195. The van der Waals surface area contributed by atoms with Crippen LogP contribution in [0.1, 0.15) is 19.3 Å². The van der Waals surface area contributed by atoms with Gasteiger partial charge in [0.2, 0.25) is 0 Å². The lowest BCUT2D eigenvalue weighted by Crippen LogP contribution is -2.34. The molecule has 1 aliphatic rings. The van der Waals surface area contributed by atoms with Crippen LogP contribution in [0.15, 0.2) is 11.1 Å². The highest BCUT2D eigenvalue weighted by Crippen LogP contribution is 2.20. The van der Waals surface area contributed by atoms with Gasteiger partial charge in [-0.3, -0.25) is 4.90 Å². The number of halogens is 1. The highest BCUT2D eigenvalue weighted by molar-refractivity contribution is 9.11. The Kier molecular flexibility index (Phi) is 4.99. The molecule has 0 saturated carbocycles. The van der Waals surface area contributed by atoms with Crippen LogP contribution in [-0.2, 0) is 0 Å². The second-order valence-electron chi connectivity index (χ2n) is 3.81. The quantitative estimate of drug-likeness (QED) is 0.822. The first kappa shape index (κ1) is 11.2. The van der Waals surface area contributed by atoms with Gasteiger partial charge in [-0.2, -0.15) is 0 Å². The van der Waals surface area contributed by atoms with Gasteiger partial charge in [0, 0.05) is 11.0 Å². The Morgan fingerprint density at radius 3 is 2.54 bits per heavy atom. The maximum absolute atomic E-state index is 5.54. The molecule has 0 spiro atoms. The summed E-state index contributed by atoms with van der Waals surface area (Å²) in [6, 6.07) is 0. The SMILES string of the molecule is C=C(Br)CN1CCC(CCN)CC1. The average molecular weight is 247 g/mol. The zero-order valence-corrected chi connectivity index (χ0v) is 9.72. The maximum atomic E-state index is 5.54. The predicted octanol–water partition coefficient (Wildman–Crippen LogP) is 1.96. The topological polar surface area (TPSA) is 29.3 Å². The smallest absolute Gasteiger partial charge is 0.0293 e. The van der Waals surface area contributed by atoms with E-state index in [1.54, 1.807) is 0 Å². The van der Waals surface area contributed by atoms with Gasteiger partial charge in [0.25, 0.3) is 0 Å². The fourth-order valence-corrected chi connectivity index (χ4v) is 2.27. The van der Waals surface area contributed by atoms with Gasteiger partial charge < -0.3 is 5.73 Å². The summed E-state index contributed by atoms with van der Waals surface area (Å²) >= 11 is 3.40. The normalized spacial score (nSPS) is 20.5. The largest absolute Gasteiger partial charge is 0.330 e. The molecule has 76 valence electrons. The van der Waals surface area contributed by atoms with Crippen molar-refractivity contribution in [1.29, 1.82) is 0 Å². The predicted molar refractivity (Wildman–Crippen MR) is 60.9 cm³/mol. The van der Waals surface area contributed by atoms with Gasteiger partial charge in [-0.05, 0) is 44.8 Å². The van der Waals surface area contributed by atoms with Crippen molar-refractivity contribution in [3.05, 3.63) is 11.1 Å². The van der Waals surface area contributed by atoms with Crippen molar-refractivity contribution >= 4 is 15.9 Å². The van der Waals surface area contributed by atoms with Gasteiger partial charge in [0.1, 0.15) is 0 Å². The first-order valence-electron chi connectivity index (χ1n) is 4.98. The first-order chi connectivity index (χ1) is 6.22. The van der Waals surface area contributed by atoms with Gasteiger partial charge in [-0.1, -0.05) is 22.5 Å². The maximum Gasteiger partial charge on any atom is 0.0293 e. The second-order valence-corrected chi connectivity index (χ2v) is 4.94. The molecule has 0 unspecified atom stereocenters. The number of hydrogen-bond donors (Lipinski definition) is 1.